The quantitative estimate of drug-likeness (QED) is 0.370. The van der Waals surface area contributed by atoms with Crippen LogP contribution in [0.5, 0.6) is 0 Å². The van der Waals surface area contributed by atoms with E-state index in [4.69, 9.17) is 11.6 Å². The maximum atomic E-state index is 12.5. The average molecular weight is 406 g/mol. The minimum absolute atomic E-state index is 0.0208. The molecule has 4 saturated carbocycles. The van der Waals surface area contributed by atoms with Gasteiger partial charge in [0.05, 0.1) is 15.6 Å². The van der Waals surface area contributed by atoms with Gasteiger partial charge in [-0.3, -0.25) is 14.9 Å². The molecule has 4 aliphatic carbocycles. The molecule has 2 N–H and O–H groups in total. The lowest BCUT2D eigenvalue weighted by molar-refractivity contribution is -0.384. The molecule has 4 aliphatic rings. The van der Waals surface area contributed by atoms with Crippen LogP contribution in [0.1, 0.15) is 51.4 Å². The Labute approximate surface area is 170 Å². The predicted octanol–water partition coefficient (Wildman–Crippen LogP) is 4.77. The minimum Gasteiger partial charge on any atom is -0.384 e. The van der Waals surface area contributed by atoms with Gasteiger partial charge in [0, 0.05) is 31.6 Å². The van der Waals surface area contributed by atoms with Crippen LogP contribution in [0.4, 0.5) is 11.4 Å². The normalized spacial score (nSPS) is 30.2. The smallest absolute Gasteiger partial charge is 0.271 e. The van der Waals surface area contributed by atoms with Gasteiger partial charge in [0.2, 0.25) is 5.91 Å². The number of nitro groups is 1. The van der Waals surface area contributed by atoms with Crippen molar-refractivity contribution in [1.29, 1.82) is 0 Å². The van der Waals surface area contributed by atoms with Crippen molar-refractivity contribution >= 4 is 28.9 Å². The Balaban J connectivity index is 1.18. The number of rotatable bonds is 8. The standard InChI is InChI=1S/C21H28ClN3O3/c22-18-9-17(25(27)28)2-3-19(18)23-4-1-5-24-20(26)13-21-10-14-6-15(11-21)8-16(7-14)12-21/h2-3,9,14-16,23H,1,4-8,10-13H2,(H,24,26). The number of carbonyl (C=O) groups is 1. The van der Waals surface area contributed by atoms with Gasteiger partial charge in [-0.05, 0) is 74.2 Å². The monoisotopic (exact) mass is 405 g/mol. The average Bonchev–Trinajstić information content (AvgIpc) is 2.60. The number of nitrogens with zero attached hydrogens (tertiary/aromatic N) is 1. The van der Waals surface area contributed by atoms with E-state index in [2.05, 4.69) is 10.6 Å². The van der Waals surface area contributed by atoms with Crippen LogP contribution in [-0.4, -0.2) is 23.9 Å². The molecule has 5 rings (SSSR count). The molecule has 1 amide bonds. The van der Waals surface area contributed by atoms with Crippen LogP contribution in [0.25, 0.3) is 0 Å². The molecule has 6 nitrogen and oxygen atoms in total. The largest absolute Gasteiger partial charge is 0.384 e. The SMILES string of the molecule is O=C(CC12CC3CC(CC(C3)C1)C2)NCCCNc1ccc([N+](=O)[O-])cc1Cl. The van der Waals surface area contributed by atoms with Crippen molar-refractivity contribution in [3.63, 3.8) is 0 Å². The molecular weight excluding hydrogens is 378 g/mol. The number of benzene rings is 1. The van der Waals surface area contributed by atoms with Crippen molar-refractivity contribution in [3.8, 4) is 0 Å². The molecule has 0 unspecified atom stereocenters. The van der Waals surface area contributed by atoms with Crippen LogP contribution in [0.3, 0.4) is 0 Å². The first-order valence-corrected chi connectivity index (χ1v) is 10.7. The van der Waals surface area contributed by atoms with Crippen LogP contribution >= 0.6 is 11.6 Å². The molecule has 0 heterocycles. The summed E-state index contributed by atoms with van der Waals surface area (Å²) in [6.45, 7) is 1.28. The lowest BCUT2D eigenvalue weighted by atomic mass is 9.49. The third kappa shape index (κ3) is 4.27. The Kier molecular flexibility index (Phi) is 5.50. The van der Waals surface area contributed by atoms with Crippen LogP contribution in [0.2, 0.25) is 5.02 Å². The highest BCUT2D eigenvalue weighted by atomic mass is 35.5. The number of hydrogen-bond donors (Lipinski definition) is 2. The van der Waals surface area contributed by atoms with E-state index in [0.29, 0.717) is 30.2 Å². The highest BCUT2D eigenvalue weighted by molar-refractivity contribution is 6.33. The number of nitro benzene ring substituents is 1. The van der Waals surface area contributed by atoms with Gasteiger partial charge >= 0.3 is 0 Å². The number of carbonyl (C=O) groups excluding carboxylic acids is 1. The van der Waals surface area contributed by atoms with Crippen LogP contribution in [-0.2, 0) is 4.79 Å². The first-order chi connectivity index (χ1) is 13.4. The highest BCUT2D eigenvalue weighted by Crippen LogP contribution is 2.61. The third-order valence-electron chi connectivity index (χ3n) is 6.86. The summed E-state index contributed by atoms with van der Waals surface area (Å²) in [4.78, 5) is 22.8. The van der Waals surface area contributed by atoms with Gasteiger partial charge in [0.15, 0.2) is 0 Å². The van der Waals surface area contributed by atoms with Crippen LogP contribution in [0.15, 0.2) is 18.2 Å². The molecule has 4 bridgehead atoms. The zero-order valence-corrected chi connectivity index (χ0v) is 16.8. The molecule has 0 aliphatic heterocycles. The topological polar surface area (TPSA) is 84.3 Å². The lowest BCUT2D eigenvalue weighted by Crippen LogP contribution is -2.48. The second-order valence-corrected chi connectivity index (χ2v) is 9.55. The molecule has 4 fully saturated rings. The predicted molar refractivity (Wildman–Crippen MR) is 109 cm³/mol. The highest BCUT2D eigenvalue weighted by Gasteiger charge is 2.51. The molecule has 0 spiro atoms. The number of nitrogens with one attached hydrogen (secondary N) is 2. The number of halogens is 1. The summed E-state index contributed by atoms with van der Waals surface area (Å²) in [7, 11) is 0. The zero-order chi connectivity index (χ0) is 19.7. The van der Waals surface area contributed by atoms with Gasteiger partial charge in [0.25, 0.3) is 5.69 Å². The van der Waals surface area contributed by atoms with Gasteiger partial charge in [-0.2, -0.15) is 0 Å². The molecule has 0 radical (unpaired) electrons. The summed E-state index contributed by atoms with van der Waals surface area (Å²) in [5.74, 6) is 2.80. The maximum Gasteiger partial charge on any atom is 0.271 e. The van der Waals surface area contributed by atoms with Crippen molar-refractivity contribution in [2.24, 2.45) is 23.2 Å². The molecular formula is C21H28ClN3O3. The summed E-state index contributed by atoms with van der Waals surface area (Å²) in [5.41, 5.74) is 0.934. The van der Waals surface area contributed by atoms with Crippen molar-refractivity contribution in [3.05, 3.63) is 33.3 Å². The second-order valence-electron chi connectivity index (χ2n) is 9.15. The first kappa shape index (κ1) is 19.5. The Bertz CT molecular complexity index is 732. The van der Waals surface area contributed by atoms with Gasteiger partial charge < -0.3 is 10.6 Å². The van der Waals surface area contributed by atoms with Crippen molar-refractivity contribution in [1.82, 2.24) is 5.32 Å². The summed E-state index contributed by atoms with van der Waals surface area (Å²) in [6, 6.07) is 4.39. The van der Waals surface area contributed by atoms with E-state index in [1.165, 1.54) is 50.7 Å². The Morgan fingerprint density at radius 3 is 2.36 bits per heavy atom. The molecule has 7 heteroatoms. The molecule has 0 aromatic heterocycles. The number of amides is 1. The molecule has 28 heavy (non-hydrogen) atoms. The van der Waals surface area contributed by atoms with E-state index in [0.717, 1.165) is 24.2 Å². The van der Waals surface area contributed by atoms with Gasteiger partial charge in [-0.25, -0.2) is 0 Å². The van der Waals surface area contributed by atoms with Crippen molar-refractivity contribution in [2.75, 3.05) is 18.4 Å². The van der Waals surface area contributed by atoms with Gasteiger partial charge in [0.1, 0.15) is 0 Å². The Morgan fingerprint density at radius 2 is 1.79 bits per heavy atom. The van der Waals surface area contributed by atoms with Crippen molar-refractivity contribution < 1.29 is 9.72 Å². The summed E-state index contributed by atoms with van der Waals surface area (Å²) < 4.78 is 0. The fourth-order valence-corrected chi connectivity index (χ4v) is 6.45. The zero-order valence-electron chi connectivity index (χ0n) is 16.1. The number of hydrogen-bond acceptors (Lipinski definition) is 4. The van der Waals surface area contributed by atoms with E-state index < -0.39 is 4.92 Å². The van der Waals surface area contributed by atoms with Crippen molar-refractivity contribution in [2.45, 2.75) is 51.4 Å². The number of non-ortho nitro benzene ring substituents is 1. The van der Waals surface area contributed by atoms with Gasteiger partial charge in [-0.1, -0.05) is 11.6 Å². The third-order valence-corrected chi connectivity index (χ3v) is 7.17. The van der Waals surface area contributed by atoms with E-state index in [1.807, 2.05) is 0 Å². The summed E-state index contributed by atoms with van der Waals surface area (Å²) >= 11 is 6.07. The molecule has 0 atom stereocenters. The molecule has 152 valence electrons. The van der Waals surface area contributed by atoms with Gasteiger partial charge in [-0.15, -0.1) is 0 Å². The van der Waals surface area contributed by atoms with E-state index in [9.17, 15) is 14.9 Å². The van der Waals surface area contributed by atoms with Crippen LogP contribution < -0.4 is 10.6 Å². The minimum atomic E-state index is -0.463. The van der Waals surface area contributed by atoms with E-state index >= 15 is 0 Å². The lowest BCUT2D eigenvalue weighted by Gasteiger charge is -2.56. The molecule has 0 saturated heterocycles. The first-order valence-electron chi connectivity index (χ1n) is 10.4. The fourth-order valence-electron chi connectivity index (χ4n) is 6.21. The van der Waals surface area contributed by atoms with E-state index in [-0.39, 0.29) is 17.0 Å². The second kappa shape index (κ2) is 7.90. The Morgan fingerprint density at radius 1 is 1.14 bits per heavy atom. The number of anilines is 1. The maximum absolute atomic E-state index is 12.5. The summed E-state index contributed by atoms with van der Waals surface area (Å²) in [6.07, 6.45) is 9.44. The fraction of sp³-hybridized carbons (Fsp3) is 0.667. The molecule has 1 aromatic carbocycles. The van der Waals surface area contributed by atoms with Crippen LogP contribution in [0, 0.1) is 33.3 Å². The Hall–Kier alpha value is -1.82. The molecule has 1 aromatic rings. The van der Waals surface area contributed by atoms with E-state index in [1.54, 1.807) is 6.07 Å². The summed E-state index contributed by atoms with van der Waals surface area (Å²) in [5, 5.41) is 17.3.